The summed E-state index contributed by atoms with van der Waals surface area (Å²) in [6.07, 6.45) is 2.11. The first-order chi connectivity index (χ1) is 11.1. The minimum Gasteiger partial charge on any atom is -0.398 e. The highest BCUT2D eigenvalue weighted by molar-refractivity contribution is 6.27. The Morgan fingerprint density at radius 1 is 1.22 bits per heavy atom. The molecule has 0 saturated heterocycles. The Bertz CT molecular complexity index is 798. The Morgan fingerprint density at radius 2 is 2.00 bits per heavy atom. The number of hydrogen-bond acceptors (Lipinski definition) is 4. The van der Waals surface area contributed by atoms with E-state index in [1.54, 1.807) is 12.1 Å². The fraction of sp³-hybridized carbons (Fsp3) is 0.333. The lowest BCUT2D eigenvalue weighted by molar-refractivity contribution is 0.0609. The Labute approximate surface area is 134 Å². The van der Waals surface area contributed by atoms with E-state index in [1.165, 1.54) is 4.90 Å². The van der Waals surface area contributed by atoms with Gasteiger partial charge in [-0.15, -0.1) is 0 Å². The van der Waals surface area contributed by atoms with Crippen LogP contribution in [0.5, 0.6) is 0 Å². The SMILES string of the molecule is CCCCN1C(=O)c2cccc3c(CCO)cc(N)c(c23)C1=O. The van der Waals surface area contributed by atoms with Crippen molar-refractivity contribution in [3.63, 3.8) is 0 Å². The van der Waals surface area contributed by atoms with Crippen LogP contribution in [0, 0.1) is 0 Å². The predicted octanol–water partition coefficient (Wildman–Crippen LogP) is 2.35. The van der Waals surface area contributed by atoms with E-state index in [0.29, 0.717) is 35.2 Å². The van der Waals surface area contributed by atoms with Gasteiger partial charge in [-0.1, -0.05) is 25.5 Å². The Morgan fingerprint density at radius 3 is 2.70 bits per heavy atom. The molecule has 5 nitrogen and oxygen atoms in total. The van der Waals surface area contributed by atoms with E-state index in [9.17, 15) is 14.7 Å². The summed E-state index contributed by atoms with van der Waals surface area (Å²) in [5.41, 5.74) is 8.26. The number of benzene rings is 2. The molecule has 0 fully saturated rings. The highest BCUT2D eigenvalue weighted by Crippen LogP contribution is 2.36. The van der Waals surface area contributed by atoms with Gasteiger partial charge in [0.05, 0.1) is 5.56 Å². The van der Waals surface area contributed by atoms with Crippen LogP contribution < -0.4 is 5.73 Å². The zero-order valence-electron chi connectivity index (χ0n) is 13.1. The van der Waals surface area contributed by atoms with Crippen molar-refractivity contribution in [2.75, 3.05) is 18.9 Å². The van der Waals surface area contributed by atoms with Crippen LogP contribution in [0.15, 0.2) is 24.3 Å². The Hall–Kier alpha value is -2.40. The number of rotatable bonds is 5. The van der Waals surface area contributed by atoms with Gasteiger partial charge in [0.2, 0.25) is 0 Å². The Balaban J connectivity index is 2.26. The van der Waals surface area contributed by atoms with Crippen molar-refractivity contribution in [3.8, 4) is 0 Å². The number of nitrogens with zero attached hydrogens (tertiary/aromatic N) is 1. The van der Waals surface area contributed by atoms with Crippen molar-refractivity contribution in [2.45, 2.75) is 26.2 Å². The van der Waals surface area contributed by atoms with Gasteiger partial charge in [-0.25, -0.2) is 0 Å². The average molecular weight is 312 g/mol. The van der Waals surface area contributed by atoms with Crippen LogP contribution in [0.3, 0.4) is 0 Å². The number of hydrogen-bond donors (Lipinski definition) is 2. The topological polar surface area (TPSA) is 83.6 Å². The number of unbranched alkanes of at least 4 members (excludes halogenated alkanes) is 1. The second-order valence-electron chi connectivity index (χ2n) is 5.82. The summed E-state index contributed by atoms with van der Waals surface area (Å²) in [4.78, 5) is 26.8. The first-order valence-corrected chi connectivity index (χ1v) is 7.91. The van der Waals surface area contributed by atoms with Crippen LogP contribution in [-0.2, 0) is 6.42 Å². The van der Waals surface area contributed by atoms with Gasteiger partial charge >= 0.3 is 0 Å². The third-order valence-corrected chi connectivity index (χ3v) is 4.33. The molecule has 5 heteroatoms. The van der Waals surface area contributed by atoms with Crippen molar-refractivity contribution in [2.24, 2.45) is 0 Å². The van der Waals surface area contributed by atoms with Crippen molar-refractivity contribution < 1.29 is 14.7 Å². The average Bonchev–Trinajstić information content (AvgIpc) is 2.54. The van der Waals surface area contributed by atoms with Gasteiger partial charge in [0.15, 0.2) is 0 Å². The van der Waals surface area contributed by atoms with Gasteiger partial charge < -0.3 is 10.8 Å². The molecule has 2 aromatic rings. The monoisotopic (exact) mass is 312 g/mol. The van der Waals surface area contributed by atoms with E-state index in [1.807, 2.05) is 19.1 Å². The van der Waals surface area contributed by atoms with Crippen molar-refractivity contribution in [3.05, 3.63) is 41.0 Å². The second kappa shape index (κ2) is 6.01. The first kappa shape index (κ1) is 15.5. The lowest BCUT2D eigenvalue weighted by Crippen LogP contribution is -2.41. The molecule has 1 aliphatic heterocycles. The van der Waals surface area contributed by atoms with Gasteiger partial charge in [0.25, 0.3) is 11.8 Å². The normalized spacial score (nSPS) is 13.9. The third-order valence-electron chi connectivity index (χ3n) is 4.33. The number of nitrogens with two attached hydrogens (primary N) is 1. The van der Waals surface area contributed by atoms with Crippen LogP contribution in [0.2, 0.25) is 0 Å². The number of aliphatic hydroxyl groups is 1. The van der Waals surface area contributed by atoms with Crippen molar-refractivity contribution in [1.29, 1.82) is 0 Å². The van der Waals surface area contributed by atoms with E-state index in [2.05, 4.69) is 0 Å². The highest BCUT2D eigenvalue weighted by atomic mass is 16.3. The molecular formula is C18H20N2O3. The lowest BCUT2D eigenvalue weighted by atomic mass is 9.89. The maximum Gasteiger partial charge on any atom is 0.263 e. The summed E-state index contributed by atoms with van der Waals surface area (Å²) in [6, 6.07) is 7.16. The predicted molar refractivity (Wildman–Crippen MR) is 89.4 cm³/mol. The summed E-state index contributed by atoms with van der Waals surface area (Å²) in [5.74, 6) is -0.581. The zero-order valence-corrected chi connectivity index (χ0v) is 13.1. The van der Waals surface area contributed by atoms with E-state index >= 15 is 0 Å². The van der Waals surface area contributed by atoms with Crippen LogP contribution in [0.25, 0.3) is 10.8 Å². The quantitative estimate of drug-likeness (QED) is 0.656. The minimum absolute atomic E-state index is 0.0113. The van der Waals surface area contributed by atoms with Gasteiger partial charge in [0.1, 0.15) is 0 Å². The van der Waals surface area contributed by atoms with Gasteiger partial charge in [0, 0.05) is 29.8 Å². The summed E-state index contributed by atoms with van der Waals surface area (Å²) < 4.78 is 0. The summed E-state index contributed by atoms with van der Waals surface area (Å²) in [7, 11) is 0. The van der Waals surface area contributed by atoms with Crippen LogP contribution in [-0.4, -0.2) is 35.0 Å². The molecule has 3 rings (SSSR count). The molecule has 0 bridgehead atoms. The van der Waals surface area contributed by atoms with E-state index in [-0.39, 0.29) is 18.4 Å². The smallest absolute Gasteiger partial charge is 0.263 e. The fourth-order valence-electron chi connectivity index (χ4n) is 3.20. The minimum atomic E-state index is -0.319. The molecule has 0 aromatic heterocycles. The zero-order chi connectivity index (χ0) is 16.6. The number of aliphatic hydroxyl groups excluding tert-OH is 1. The maximum atomic E-state index is 12.8. The third kappa shape index (κ3) is 2.37. The number of imide groups is 1. The van der Waals surface area contributed by atoms with Gasteiger partial charge in [-0.2, -0.15) is 0 Å². The largest absolute Gasteiger partial charge is 0.398 e. The number of carbonyl (C=O) groups excluding carboxylic acids is 2. The first-order valence-electron chi connectivity index (χ1n) is 7.91. The number of anilines is 1. The molecular weight excluding hydrogens is 292 g/mol. The molecule has 0 saturated carbocycles. The summed E-state index contributed by atoms with van der Waals surface area (Å²) in [6.45, 7) is 2.41. The molecule has 1 heterocycles. The molecule has 23 heavy (non-hydrogen) atoms. The van der Waals surface area contributed by atoms with Crippen LogP contribution in [0.4, 0.5) is 5.69 Å². The van der Waals surface area contributed by atoms with Crippen molar-refractivity contribution in [1.82, 2.24) is 4.90 Å². The van der Waals surface area contributed by atoms with E-state index < -0.39 is 0 Å². The van der Waals surface area contributed by atoms with Crippen LogP contribution >= 0.6 is 0 Å². The van der Waals surface area contributed by atoms with E-state index in [0.717, 1.165) is 23.8 Å². The molecule has 120 valence electrons. The summed E-state index contributed by atoms with van der Waals surface area (Å²) in [5, 5.41) is 10.7. The van der Waals surface area contributed by atoms with Gasteiger partial charge in [-0.05, 0) is 35.9 Å². The van der Waals surface area contributed by atoms with Crippen molar-refractivity contribution >= 4 is 28.3 Å². The molecule has 2 amide bonds. The lowest BCUT2D eigenvalue weighted by Gasteiger charge is -2.28. The standard InChI is InChI=1S/C18H20N2O3/c1-2-3-8-20-17(22)13-6-4-5-12-11(7-9-21)10-14(19)16(15(12)13)18(20)23/h4-6,10,21H,2-3,7-9,19H2,1H3. The maximum absolute atomic E-state index is 12.8. The molecule has 0 unspecified atom stereocenters. The highest BCUT2D eigenvalue weighted by Gasteiger charge is 2.34. The molecule has 0 radical (unpaired) electrons. The van der Waals surface area contributed by atoms with E-state index in [4.69, 9.17) is 5.73 Å². The van der Waals surface area contributed by atoms with Crippen LogP contribution in [0.1, 0.15) is 46.0 Å². The molecule has 1 aliphatic rings. The summed E-state index contributed by atoms with van der Waals surface area (Å²) >= 11 is 0. The molecule has 2 aromatic carbocycles. The molecule has 3 N–H and O–H groups in total. The number of nitrogen functional groups attached to an aromatic ring is 1. The second-order valence-corrected chi connectivity index (χ2v) is 5.82. The molecule has 0 atom stereocenters. The Kier molecular flexibility index (Phi) is 4.05. The molecule has 0 spiro atoms. The molecule has 0 aliphatic carbocycles. The fourth-order valence-corrected chi connectivity index (χ4v) is 3.20. The van der Waals surface area contributed by atoms with Gasteiger partial charge in [-0.3, -0.25) is 14.5 Å². The number of carbonyl (C=O) groups is 2. The number of amides is 2.